The van der Waals surface area contributed by atoms with Gasteiger partial charge in [0.25, 0.3) is 0 Å². The van der Waals surface area contributed by atoms with Gasteiger partial charge in [-0.05, 0) is 65.6 Å². The van der Waals surface area contributed by atoms with Crippen LogP contribution in [0.4, 0.5) is 0 Å². The van der Waals surface area contributed by atoms with Crippen molar-refractivity contribution in [2.24, 2.45) is 39.9 Å². The quantitative estimate of drug-likeness (QED) is 0.557. The van der Waals surface area contributed by atoms with Crippen molar-refractivity contribution in [3.63, 3.8) is 0 Å². The molecule has 0 aromatic rings. The third-order valence-electron chi connectivity index (χ3n) is 8.12. The summed E-state index contributed by atoms with van der Waals surface area (Å²) in [7, 11) is 0. The second-order valence-corrected chi connectivity index (χ2v) is 7.81. The van der Waals surface area contributed by atoms with Crippen LogP contribution in [0.5, 0.6) is 0 Å². The van der Waals surface area contributed by atoms with E-state index in [-0.39, 0.29) is 0 Å². The van der Waals surface area contributed by atoms with Crippen LogP contribution < -0.4 is 0 Å². The Hall–Kier alpha value is 0. The van der Waals surface area contributed by atoms with Crippen molar-refractivity contribution in [1.29, 1.82) is 0 Å². The van der Waals surface area contributed by atoms with Gasteiger partial charge in [-0.15, -0.1) is 0 Å². The Morgan fingerprint density at radius 2 is 1.73 bits per heavy atom. The summed E-state index contributed by atoms with van der Waals surface area (Å²) in [4.78, 5) is 0. The van der Waals surface area contributed by atoms with E-state index in [1.165, 1.54) is 12.8 Å². The van der Waals surface area contributed by atoms with E-state index in [4.69, 9.17) is 0 Å². The first-order valence-corrected chi connectivity index (χ1v) is 6.95. The molecule has 5 aliphatic carbocycles. The topological polar surface area (TPSA) is 0 Å². The minimum atomic E-state index is 0.699. The predicted octanol–water partition coefficient (Wildman–Crippen LogP) is 4.10. The second-order valence-electron chi connectivity index (χ2n) is 7.81. The van der Waals surface area contributed by atoms with Crippen LogP contribution in [0.1, 0.15) is 53.4 Å². The molecule has 0 heterocycles. The maximum Gasteiger partial charge on any atom is -0.0204 e. The van der Waals surface area contributed by atoms with Crippen LogP contribution in [0, 0.1) is 39.9 Å². The van der Waals surface area contributed by atoms with E-state index in [1.54, 1.807) is 12.8 Å². The molecule has 7 atom stereocenters. The zero-order chi connectivity index (χ0) is 10.6. The Morgan fingerprint density at radius 1 is 1.00 bits per heavy atom. The van der Waals surface area contributed by atoms with Crippen LogP contribution in [0.15, 0.2) is 0 Å². The summed E-state index contributed by atoms with van der Waals surface area (Å²) in [5.74, 6) is 4.31. The van der Waals surface area contributed by atoms with Crippen LogP contribution in [-0.2, 0) is 0 Å². The summed E-state index contributed by atoms with van der Waals surface area (Å²) >= 11 is 0. The van der Waals surface area contributed by atoms with Crippen molar-refractivity contribution in [2.45, 2.75) is 53.4 Å². The third-order valence-corrected chi connectivity index (χ3v) is 8.12. The van der Waals surface area contributed by atoms with Gasteiger partial charge in [-0.2, -0.15) is 0 Å². The minimum absolute atomic E-state index is 0.699. The number of rotatable bonds is 0. The third kappa shape index (κ3) is 0.620. The first kappa shape index (κ1) is 9.07. The molecule has 0 saturated heterocycles. The summed E-state index contributed by atoms with van der Waals surface area (Å²) in [5, 5.41) is 0. The second kappa shape index (κ2) is 2.05. The summed E-state index contributed by atoms with van der Waals surface area (Å²) < 4.78 is 0. The molecule has 0 spiro atoms. The summed E-state index contributed by atoms with van der Waals surface area (Å²) in [6, 6.07) is 0. The van der Waals surface area contributed by atoms with Crippen LogP contribution >= 0.6 is 0 Å². The van der Waals surface area contributed by atoms with E-state index in [0.717, 1.165) is 29.1 Å². The molecular weight excluding hydrogens is 180 g/mol. The number of hydrogen-bond acceptors (Lipinski definition) is 0. The highest BCUT2D eigenvalue weighted by Crippen LogP contribution is 2.90. The lowest BCUT2D eigenvalue weighted by molar-refractivity contribution is -0.131. The van der Waals surface area contributed by atoms with Gasteiger partial charge in [0.2, 0.25) is 0 Å². The van der Waals surface area contributed by atoms with Crippen LogP contribution in [0.2, 0.25) is 0 Å². The first-order valence-electron chi connectivity index (χ1n) is 6.95. The van der Waals surface area contributed by atoms with Gasteiger partial charge in [0, 0.05) is 0 Å². The van der Waals surface area contributed by atoms with E-state index in [0.29, 0.717) is 10.8 Å². The molecule has 6 bridgehead atoms. The zero-order valence-electron chi connectivity index (χ0n) is 10.6. The Morgan fingerprint density at radius 3 is 2.47 bits per heavy atom. The lowest BCUT2D eigenvalue weighted by Crippen LogP contribution is -2.54. The van der Waals surface area contributed by atoms with Crippen LogP contribution in [0.3, 0.4) is 0 Å². The van der Waals surface area contributed by atoms with E-state index < -0.39 is 0 Å². The molecule has 5 rings (SSSR count). The monoisotopic (exact) mass is 204 g/mol. The standard InChI is InChI=1S/C15H24/c1-9-5-6-14(3)13(2)8-12-11(7-10(9)13)15(12,14)4/h9-12H,5-8H2,1-4H3. The molecular formula is C15H24. The maximum absolute atomic E-state index is 2.64. The van der Waals surface area contributed by atoms with Gasteiger partial charge >= 0.3 is 0 Å². The molecule has 5 aliphatic rings. The molecule has 0 amide bonds. The van der Waals surface area contributed by atoms with Crippen LogP contribution in [-0.4, -0.2) is 0 Å². The van der Waals surface area contributed by atoms with E-state index in [1.807, 2.05) is 0 Å². The molecule has 84 valence electrons. The van der Waals surface area contributed by atoms with Gasteiger partial charge < -0.3 is 0 Å². The highest BCUT2D eigenvalue weighted by atomic mass is 14.9. The molecule has 0 N–H and O–H groups in total. The molecule has 0 heteroatoms. The van der Waals surface area contributed by atoms with E-state index in [2.05, 4.69) is 27.7 Å². The van der Waals surface area contributed by atoms with Crippen molar-refractivity contribution >= 4 is 0 Å². The van der Waals surface area contributed by atoms with Gasteiger partial charge in [-0.1, -0.05) is 27.7 Å². The fraction of sp³-hybridized carbons (Fsp3) is 1.00. The maximum atomic E-state index is 2.64. The van der Waals surface area contributed by atoms with Crippen molar-refractivity contribution in [2.75, 3.05) is 0 Å². The fourth-order valence-electron chi connectivity index (χ4n) is 6.80. The van der Waals surface area contributed by atoms with Gasteiger partial charge in [-0.25, -0.2) is 0 Å². The number of hydrogen-bond donors (Lipinski definition) is 0. The lowest BCUT2D eigenvalue weighted by atomic mass is 9.43. The van der Waals surface area contributed by atoms with Crippen molar-refractivity contribution in [3.8, 4) is 0 Å². The highest BCUT2D eigenvalue weighted by molar-refractivity contribution is 5.32. The average Bonchev–Trinajstić information content (AvgIpc) is 2.71. The molecule has 0 radical (unpaired) electrons. The van der Waals surface area contributed by atoms with Crippen molar-refractivity contribution in [1.82, 2.24) is 0 Å². The Kier molecular flexibility index (Phi) is 1.24. The SMILES string of the molecule is CC1CCC2(C)C3(C)CC4C(CC13)C42C. The summed E-state index contributed by atoms with van der Waals surface area (Å²) in [6.45, 7) is 10.4. The molecule has 0 aliphatic heterocycles. The smallest absolute Gasteiger partial charge is 0.0204 e. The van der Waals surface area contributed by atoms with E-state index >= 15 is 0 Å². The van der Waals surface area contributed by atoms with Gasteiger partial charge in [-0.3, -0.25) is 0 Å². The Balaban J connectivity index is 1.91. The summed E-state index contributed by atoms with van der Waals surface area (Å²) in [5.41, 5.74) is 2.17. The molecule has 0 aromatic heterocycles. The Bertz CT molecular complexity index is 346. The molecule has 0 nitrogen and oxygen atoms in total. The molecule has 7 unspecified atom stereocenters. The normalized spacial score (nSPS) is 74.4. The predicted molar refractivity (Wildman–Crippen MR) is 62.4 cm³/mol. The first-order chi connectivity index (χ1) is 6.95. The van der Waals surface area contributed by atoms with Crippen molar-refractivity contribution < 1.29 is 0 Å². The fourth-order valence-corrected chi connectivity index (χ4v) is 6.80. The lowest BCUT2D eigenvalue weighted by Gasteiger charge is -2.61. The van der Waals surface area contributed by atoms with Gasteiger partial charge in [0.15, 0.2) is 0 Å². The summed E-state index contributed by atoms with van der Waals surface area (Å²) in [6.07, 6.45) is 6.17. The molecule has 0 aromatic carbocycles. The van der Waals surface area contributed by atoms with Crippen molar-refractivity contribution in [3.05, 3.63) is 0 Å². The molecule has 15 heavy (non-hydrogen) atoms. The zero-order valence-corrected chi connectivity index (χ0v) is 10.6. The van der Waals surface area contributed by atoms with Crippen LogP contribution in [0.25, 0.3) is 0 Å². The van der Waals surface area contributed by atoms with Gasteiger partial charge in [0.1, 0.15) is 0 Å². The minimum Gasteiger partial charge on any atom is -0.0622 e. The average molecular weight is 204 g/mol. The largest absolute Gasteiger partial charge is 0.0622 e. The molecule has 5 fully saturated rings. The molecule has 5 saturated carbocycles. The van der Waals surface area contributed by atoms with E-state index in [9.17, 15) is 0 Å². The van der Waals surface area contributed by atoms with Gasteiger partial charge in [0.05, 0.1) is 0 Å². The Labute approximate surface area is 93.8 Å². The highest BCUT2D eigenvalue weighted by Gasteiger charge is 2.84.